The van der Waals surface area contributed by atoms with Gasteiger partial charge in [-0.3, -0.25) is 14.4 Å². The Kier molecular flexibility index (Phi) is 10.3. The molecule has 1 aliphatic heterocycles. The normalized spacial score (nSPS) is 16.6. The third kappa shape index (κ3) is 5.66. The van der Waals surface area contributed by atoms with E-state index in [-0.39, 0.29) is 39.2 Å². The van der Waals surface area contributed by atoms with Gasteiger partial charge in [-0.15, -0.1) is 0 Å². The highest BCUT2D eigenvalue weighted by Gasteiger charge is 2.67. The number of carbonyl (C=O) groups is 4. The minimum absolute atomic E-state index is 0.0345. The predicted octanol–water partition coefficient (Wildman–Crippen LogP) is 7.22. The third-order valence-electron chi connectivity index (χ3n) is 10.2. The Bertz CT molecular complexity index is 2250. The average Bonchev–Trinajstić information content (AvgIpc) is 3.62. The van der Waals surface area contributed by atoms with Gasteiger partial charge >= 0.3 is 5.97 Å². The summed E-state index contributed by atoms with van der Waals surface area (Å²) in [5.41, 5.74) is -1.75. The summed E-state index contributed by atoms with van der Waals surface area (Å²) in [6.07, 6.45) is 1.41. The lowest BCUT2D eigenvalue weighted by molar-refractivity contribution is -0.138. The smallest absolute Gasteiger partial charge is 0.339 e. The number of methoxy groups -OCH3 is 1. The van der Waals surface area contributed by atoms with Crippen LogP contribution < -0.4 is 25.6 Å². The summed E-state index contributed by atoms with van der Waals surface area (Å²) in [4.78, 5) is 64.0. The van der Waals surface area contributed by atoms with Gasteiger partial charge in [-0.2, -0.15) is 0 Å². The number of Topliss-reactive ketones (excluding diaryl/α,β-unsaturated/α-hetero) is 2. The summed E-state index contributed by atoms with van der Waals surface area (Å²) in [6, 6.07) is 40.1. The summed E-state index contributed by atoms with van der Waals surface area (Å²) in [5.74, 6) is -2.23. The number of halogens is 1. The van der Waals surface area contributed by atoms with Crippen molar-refractivity contribution in [1.29, 1.82) is 0 Å². The Hall–Kier alpha value is -5.49. The van der Waals surface area contributed by atoms with Crippen molar-refractivity contribution in [2.75, 3.05) is 25.2 Å². The lowest BCUT2D eigenvalue weighted by Gasteiger charge is -2.32. The maximum Gasteiger partial charge on any atom is 0.339 e. The number of hydrogen-bond donors (Lipinski definition) is 0. The molecule has 5 aromatic carbocycles. The van der Waals surface area contributed by atoms with Crippen LogP contribution in [0.1, 0.15) is 42.6 Å². The van der Waals surface area contributed by atoms with E-state index in [2.05, 4.69) is 0 Å². The summed E-state index contributed by atoms with van der Waals surface area (Å²) < 4.78 is 11.2. The number of ketones is 2. The van der Waals surface area contributed by atoms with Crippen LogP contribution in [0.2, 0.25) is 5.02 Å². The third-order valence-corrected chi connectivity index (χ3v) is 14.7. The molecule has 5 aromatic rings. The van der Waals surface area contributed by atoms with Crippen molar-refractivity contribution in [3.63, 3.8) is 0 Å². The molecular weight excluding hydrogens is 717 g/mol. The number of hydrogen-bond acceptors (Lipinski definition) is 6. The lowest BCUT2D eigenvalue weighted by atomic mass is 9.72. The van der Waals surface area contributed by atoms with Crippen LogP contribution in [0.3, 0.4) is 0 Å². The maximum absolute atomic E-state index is 16.4. The van der Waals surface area contributed by atoms with Gasteiger partial charge in [0, 0.05) is 39.2 Å². The van der Waals surface area contributed by atoms with Crippen LogP contribution in [-0.4, -0.2) is 49.0 Å². The van der Waals surface area contributed by atoms with Crippen LogP contribution in [0.25, 0.3) is 0 Å². The Morgan fingerprint density at radius 2 is 1.31 bits per heavy atom. The second-order valence-corrected chi connectivity index (χ2v) is 16.9. The molecule has 2 aliphatic rings. The number of nitrogens with zero attached hydrogens (tertiary/aromatic N) is 1. The topological polar surface area (TPSA) is 90.0 Å². The van der Waals surface area contributed by atoms with E-state index in [1.54, 1.807) is 54.3 Å². The summed E-state index contributed by atoms with van der Waals surface area (Å²) in [6.45, 7) is 0.539. The van der Waals surface area contributed by atoms with Crippen molar-refractivity contribution >= 4 is 68.8 Å². The Balaban J connectivity index is 1.77. The lowest BCUT2D eigenvalue weighted by Crippen LogP contribution is -2.49. The van der Waals surface area contributed by atoms with Crippen molar-refractivity contribution in [2.24, 2.45) is 0 Å². The summed E-state index contributed by atoms with van der Waals surface area (Å²) in [5, 5.41) is 2.66. The van der Waals surface area contributed by atoms with Crippen molar-refractivity contribution in [2.45, 2.75) is 32.1 Å². The number of fused-ring (bicyclic) bond motifs is 2. The quantitative estimate of drug-likeness (QED) is 0.0612. The molecule has 0 saturated heterocycles. The highest BCUT2D eigenvalue weighted by Crippen LogP contribution is 2.59. The Morgan fingerprint density at radius 1 is 0.759 bits per heavy atom. The van der Waals surface area contributed by atoms with Gasteiger partial charge in [0.1, 0.15) is 5.75 Å². The molecule has 0 radical (unpaired) electrons. The Labute approximate surface area is 320 Å². The SMILES string of the molecule is CCCCN1C(=O)C2(C(=O)C(=P(c3ccccc3)(c3ccccc3)c3ccccc3)C(C(=O)OCC)=C2C(=O)c2ccc(OC)cc2)c2cc(Cl)ccc21. The number of anilines is 1. The molecule has 7 rings (SSSR count). The molecule has 0 N–H and O–H groups in total. The fraction of sp³-hybridized carbons (Fsp3) is 0.178. The van der Waals surface area contributed by atoms with Gasteiger partial charge in [-0.25, -0.2) is 4.79 Å². The standard InChI is InChI=1S/C45H39ClNO6P/c1-4-6-28-47-37-27-24-31(46)29-36(37)45(44(47)51)39(40(48)30-22-25-32(52-3)26-23-30)38(43(50)53-5-2)41(42(45)49)54(33-16-10-7-11-17-33,34-18-12-8-13-19-34)35-20-14-9-15-21-35/h7-27,29H,4-6,28H2,1-3H3. The second-order valence-electron chi connectivity index (χ2n) is 13.1. The molecule has 0 fully saturated rings. The molecule has 1 spiro atoms. The van der Waals surface area contributed by atoms with Gasteiger partial charge in [0.2, 0.25) is 5.91 Å². The number of carbonyl (C=O) groups excluding carboxylic acids is 4. The first-order valence-electron chi connectivity index (χ1n) is 18.0. The van der Waals surface area contributed by atoms with Gasteiger partial charge in [0.15, 0.2) is 17.0 Å². The molecule has 0 saturated carbocycles. The van der Waals surface area contributed by atoms with E-state index in [9.17, 15) is 4.79 Å². The van der Waals surface area contributed by atoms with E-state index in [0.717, 1.165) is 22.3 Å². The molecule has 1 unspecified atom stereocenters. The Morgan fingerprint density at radius 3 is 1.81 bits per heavy atom. The first kappa shape index (κ1) is 36.9. The second kappa shape index (κ2) is 15.1. The molecule has 1 heterocycles. The van der Waals surface area contributed by atoms with E-state index < -0.39 is 35.7 Å². The maximum atomic E-state index is 16.4. The van der Waals surface area contributed by atoms with E-state index in [0.29, 0.717) is 24.4 Å². The van der Waals surface area contributed by atoms with E-state index in [1.807, 2.05) is 97.9 Å². The van der Waals surface area contributed by atoms with Crippen molar-refractivity contribution in [3.8, 4) is 5.75 Å². The van der Waals surface area contributed by atoms with Gasteiger partial charge in [-0.05, 0) is 78.6 Å². The van der Waals surface area contributed by atoms with Crippen molar-refractivity contribution in [3.05, 3.63) is 161 Å². The first-order chi connectivity index (χ1) is 26.3. The van der Waals surface area contributed by atoms with Crippen LogP contribution in [0.5, 0.6) is 5.75 Å². The zero-order chi connectivity index (χ0) is 38.0. The summed E-state index contributed by atoms with van der Waals surface area (Å²) in [7, 11) is 1.52. The molecule has 54 heavy (non-hydrogen) atoms. The van der Waals surface area contributed by atoms with Gasteiger partial charge in [-0.1, -0.05) is 116 Å². The number of ether oxygens (including phenoxy) is 2. The van der Waals surface area contributed by atoms with Gasteiger partial charge in [0.05, 0.1) is 19.3 Å². The fourth-order valence-electron chi connectivity index (χ4n) is 7.86. The molecule has 1 atom stereocenters. The molecule has 1 aliphatic carbocycles. The van der Waals surface area contributed by atoms with Crippen molar-refractivity contribution in [1.82, 2.24) is 0 Å². The van der Waals surface area contributed by atoms with E-state index >= 15 is 14.4 Å². The molecule has 0 aromatic heterocycles. The zero-order valence-corrected chi connectivity index (χ0v) is 31.9. The number of rotatable bonds is 11. The number of unbranched alkanes of at least 4 members (excludes halogenated alkanes) is 1. The number of benzene rings is 5. The average molecular weight is 756 g/mol. The highest BCUT2D eigenvalue weighted by molar-refractivity contribution is 7.97. The monoisotopic (exact) mass is 755 g/mol. The molecule has 272 valence electrons. The molecule has 9 heteroatoms. The first-order valence-corrected chi connectivity index (χ1v) is 20.1. The van der Waals surface area contributed by atoms with Crippen molar-refractivity contribution < 1.29 is 28.7 Å². The van der Waals surface area contributed by atoms with Gasteiger partial charge < -0.3 is 14.4 Å². The van der Waals surface area contributed by atoms with Gasteiger partial charge in [0.25, 0.3) is 0 Å². The summed E-state index contributed by atoms with van der Waals surface area (Å²) >= 11 is 6.73. The number of amides is 1. The van der Waals surface area contributed by atoms with Crippen LogP contribution >= 0.6 is 18.5 Å². The van der Waals surface area contributed by atoms with E-state index in [1.165, 1.54) is 7.11 Å². The predicted molar refractivity (Wildman–Crippen MR) is 217 cm³/mol. The molecule has 7 nitrogen and oxygen atoms in total. The van der Waals surface area contributed by atoms with Crippen LogP contribution in [0.15, 0.2) is 145 Å². The molecular formula is C45H39ClNO6P. The molecule has 0 bridgehead atoms. The fourth-order valence-corrected chi connectivity index (χ4v) is 12.6. The highest BCUT2D eigenvalue weighted by atomic mass is 35.5. The largest absolute Gasteiger partial charge is 0.497 e. The van der Waals surface area contributed by atoms with Crippen LogP contribution in [0.4, 0.5) is 5.69 Å². The molecule has 1 amide bonds. The minimum Gasteiger partial charge on any atom is -0.497 e. The van der Waals surface area contributed by atoms with Crippen LogP contribution in [0, 0.1) is 0 Å². The van der Waals surface area contributed by atoms with E-state index in [4.69, 9.17) is 21.1 Å². The van der Waals surface area contributed by atoms with Crippen LogP contribution in [-0.2, 0) is 24.5 Å². The minimum atomic E-state index is -3.41. The number of esters is 1. The zero-order valence-electron chi connectivity index (χ0n) is 30.3.